The van der Waals surface area contributed by atoms with Gasteiger partial charge in [0.15, 0.2) is 5.82 Å². The summed E-state index contributed by atoms with van der Waals surface area (Å²) in [6.45, 7) is 5.37. The van der Waals surface area contributed by atoms with Crippen molar-refractivity contribution in [3.05, 3.63) is 47.4 Å². The number of carbonyl (C=O) groups is 1. The predicted octanol–water partition coefficient (Wildman–Crippen LogP) is 3.89. The van der Waals surface area contributed by atoms with Gasteiger partial charge in [0.2, 0.25) is 5.91 Å². The summed E-state index contributed by atoms with van der Waals surface area (Å²) in [7, 11) is 1.75. The van der Waals surface area contributed by atoms with Crippen LogP contribution in [0, 0.1) is 0 Å². The van der Waals surface area contributed by atoms with Gasteiger partial charge in [-0.2, -0.15) is 10.2 Å². The van der Waals surface area contributed by atoms with Crippen LogP contribution in [0.4, 0.5) is 20.3 Å². The molecule has 0 atom stereocenters. The lowest BCUT2D eigenvalue weighted by Gasteiger charge is -2.26. The maximum atomic E-state index is 13.8. The van der Waals surface area contributed by atoms with Crippen molar-refractivity contribution in [3.63, 3.8) is 0 Å². The number of aromatic nitrogens is 4. The van der Waals surface area contributed by atoms with Crippen molar-refractivity contribution in [1.29, 1.82) is 0 Å². The number of halogens is 2. The molecule has 2 aromatic heterocycles. The number of hydrogen-bond acceptors (Lipinski definition) is 4. The minimum absolute atomic E-state index is 0.0108. The SMILES string of the molecule is CCn1nc(Nc2ccc(-c3cnn(C)c3)c(C(F)F)c2)c2c1CCN(C(C)=O)C2. The second-order valence-corrected chi connectivity index (χ2v) is 7.41. The minimum Gasteiger partial charge on any atom is -0.338 e. The fourth-order valence-electron chi connectivity index (χ4n) is 3.90. The van der Waals surface area contributed by atoms with E-state index in [0.29, 0.717) is 42.3 Å². The van der Waals surface area contributed by atoms with Crippen LogP contribution in [0.2, 0.25) is 0 Å². The van der Waals surface area contributed by atoms with Gasteiger partial charge in [0.25, 0.3) is 6.43 Å². The Bertz CT molecular complexity index is 1090. The van der Waals surface area contributed by atoms with E-state index < -0.39 is 6.43 Å². The molecule has 4 rings (SSSR count). The van der Waals surface area contributed by atoms with E-state index >= 15 is 0 Å². The van der Waals surface area contributed by atoms with Crippen LogP contribution in [0.5, 0.6) is 0 Å². The molecule has 1 N–H and O–H groups in total. The highest BCUT2D eigenvalue weighted by molar-refractivity contribution is 5.75. The van der Waals surface area contributed by atoms with E-state index in [1.165, 1.54) is 6.07 Å². The molecule has 0 fully saturated rings. The molecule has 3 aromatic rings. The van der Waals surface area contributed by atoms with Gasteiger partial charge in [-0.05, 0) is 24.6 Å². The number of carbonyl (C=O) groups excluding carboxylic acids is 1. The van der Waals surface area contributed by atoms with Crippen LogP contribution in [0.15, 0.2) is 30.6 Å². The van der Waals surface area contributed by atoms with E-state index in [1.54, 1.807) is 48.1 Å². The molecule has 0 saturated carbocycles. The van der Waals surface area contributed by atoms with Crippen LogP contribution in [0.1, 0.15) is 37.1 Å². The van der Waals surface area contributed by atoms with Crippen molar-refractivity contribution in [3.8, 4) is 11.1 Å². The monoisotopic (exact) mass is 414 g/mol. The van der Waals surface area contributed by atoms with E-state index in [1.807, 2.05) is 11.6 Å². The Balaban J connectivity index is 1.69. The molecule has 1 aliphatic heterocycles. The van der Waals surface area contributed by atoms with Crippen LogP contribution in [0.25, 0.3) is 11.1 Å². The average Bonchev–Trinajstić information content (AvgIpc) is 3.31. The second-order valence-electron chi connectivity index (χ2n) is 7.41. The summed E-state index contributed by atoms with van der Waals surface area (Å²) in [6, 6.07) is 4.89. The average molecular weight is 414 g/mol. The van der Waals surface area contributed by atoms with Gasteiger partial charge in [0, 0.05) is 67.8 Å². The first-order valence-electron chi connectivity index (χ1n) is 9.89. The van der Waals surface area contributed by atoms with E-state index in [0.717, 1.165) is 17.7 Å². The zero-order chi connectivity index (χ0) is 21.4. The maximum absolute atomic E-state index is 13.8. The van der Waals surface area contributed by atoms with Gasteiger partial charge in [-0.15, -0.1) is 0 Å². The summed E-state index contributed by atoms with van der Waals surface area (Å²) in [6.07, 6.45) is 1.38. The highest BCUT2D eigenvalue weighted by atomic mass is 19.3. The Morgan fingerprint density at radius 3 is 2.77 bits per heavy atom. The third-order valence-corrected chi connectivity index (χ3v) is 5.44. The molecule has 9 heteroatoms. The molecule has 30 heavy (non-hydrogen) atoms. The van der Waals surface area contributed by atoms with Gasteiger partial charge in [-0.1, -0.05) is 6.07 Å². The molecule has 1 aromatic carbocycles. The van der Waals surface area contributed by atoms with Crippen LogP contribution < -0.4 is 5.32 Å². The Morgan fingerprint density at radius 2 is 2.13 bits per heavy atom. The Morgan fingerprint density at radius 1 is 1.33 bits per heavy atom. The van der Waals surface area contributed by atoms with Gasteiger partial charge >= 0.3 is 0 Å². The highest BCUT2D eigenvalue weighted by Gasteiger charge is 2.26. The normalized spacial score (nSPS) is 13.6. The fourth-order valence-corrected chi connectivity index (χ4v) is 3.90. The van der Waals surface area contributed by atoms with E-state index in [-0.39, 0.29) is 11.5 Å². The molecule has 0 saturated heterocycles. The Labute approximate surface area is 173 Å². The van der Waals surface area contributed by atoms with Gasteiger partial charge in [-0.25, -0.2) is 8.78 Å². The van der Waals surface area contributed by atoms with E-state index in [2.05, 4.69) is 15.5 Å². The number of anilines is 2. The van der Waals surface area contributed by atoms with Gasteiger partial charge < -0.3 is 10.2 Å². The van der Waals surface area contributed by atoms with Gasteiger partial charge in [0.1, 0.15) is 0 Å². The summed E-state index contributed by atoms with van der Waals surface area (Å²) >= 11 is 0. The maximum Gasteiger partial charge on any atom is 0.264 e. The predicted molar refractivity (Wildman–Crippen MR) is 110 cm³/mol. The molecule has 1 amide bonds. The molecule has 3 heterocycles. The number of amides is 1. The second kappa shape index (κ2) is 7.89. The minimum atomic E-state index is -2.63. The molecule has 7 nitrogen and oxygen atoms in total. The first-order chi connectivity index (χ1) is 14.4. The van der Waals surface area contributed by atoms with Crippen LogP contribution >= 0.6 is 0 Å². The molecule has 1 aliphatic rings. The quantitative estimate of drug-likeness (QED) is 0.688. The van der Waals surface area contributed by atoms with Crippen LogP contribution in [0.3, 0.4) is 0 Å². The van der Waals surface area contributed by atoms with Crippen molar-refractivity contribution < 1.29 is 13.6 Å². The van der Waals surface area contributed by atoms with Crippen molar-refractivity contribution in [2.24, 2.45) is 7.05 Å². The fraction of sp³-hybridized carbons (Fsp3) is 0.381. The number of aryl methyl sites for hydroxylation is 2. The van der Waals surface area contributed by atoms with Crippen molar-refractivity contribution in [2.75, 3.05) is 11.9 Å². The lowest BCUT2D eigenvalue weighted by Crippen LogP contribution is -2.34. The molecule has 0 radical (unpaired) electrons. The summed E-state index contributed by atoms with van der Waals surface area (Å²) in [5.41, 5.74) is 3.58. The molecular weight excluding hydrogens is 390 g/mol. The number of fused-ring (bicyclic) bond motifs is 1. The molecular formula is C21H24F2N6O. The highest BCUT2D eigenvalue weighted by Crippen LogP contribution is 2.35. The Kier molecular flexibility index (Phi) is 5.27. The lowest BCUT2D eigenvalue weighted by molar-refractivity contribution is -0.129. The number of nitrogens with zero attached hydrogens (tertiary/aromatic N) is 5. The van der Waals surface area contributed by atoms with Crippen molar-refractivity contribution in [1.82, 2.24) is 24.5 Å². The third kappa shape index (κ3) is 3.67. The first kappa shape index (κ1) is 20.1. The molecule has 0 spiro atoms. The third-order valence-electron chi connectivity index (χ3n) is 5.44. The zero-order valence-corrected chi connectivity index (χ0v) is 17.2. The largest absolute Gasteiger partial charge is 0.338 e. The first-order valence-corrected chi connectivity index (χ1v) is 9.89. The lowest BCUT2D eigenvalue weighted by atomic mass is 10.0. The van der Waals surface area contributed by atoms with E-state index in [9.17, 15) is 13.6 Å². The van der Waals surface area contributed by atoms with Gasteiger partial charge in [-0.3, -0.25) is 14.2 Å². The molecule has 0 unspecified atom stereocenters. The summed E-state index contributed by atoms with van der Waals surface area (Å²) in [4.78, 5) is 13.6. The van der Waals surface area contributed by atoms with Crippen molar-refractivity contribution >= 4 is 17.4 Å². The topological polar surface area (TPSA) is 68.0 Å². The molecule has 0 bridgehead atoms. The Hall–Kier alpha value is -3.23. The molecule has 0 aliphatic carbocycles. The number of alkyl halides is 2. The summed E-state index contributed by atoms with van der Waals surface area (Å²) in [5, 5.41) is 11.9. The number of nitrogens with one attached hydrogen (secondary N) is 1. The van der Waals surface area contributed by atoms with Crippen LogP contribution in [-0.4, -0.2) is 36.9 Å². The van der Waals surface area contributed by atoms with Gasteiger partial charge in [0.05, 0.1) is 12.7 Å². The number of hydrogen-bond donors (Lipinski definition) is 1. The number of rotatable bonds is 5. The van der Waals surface area contributed by atoms with E-state index in [4.69, 9.17) is 0 Å². The van der Waals surface area contributed by atoms with Crippen molar-refractivity contribution in [2.45, 2.75) is 39.8 Å². The summed E-state index contributed by atoms with van der Waals surface area (Å²) in [5.74, 6) is 0.615. The summed E-state index contributed by atoms with van der Waals surface area (Å²) < 4.78 is 31.1. The zero-order valence-electron chi connectivity index (χ0n) is 17.2. The van der Waals surface area contributed by atoms with Crippen LogP contribution in [-0.2, 0) is 31.4 Å². The molecule has 158 valence electrons. The standard InChI is InChI=1S/C21H24F2N6O/c1-4-29-19-7-8-28(13(2)30)12-18(19)21(26-29)25-15-5-6-16(17(9-15)20(22)23)14-10-24-27(3)11-14/h5-6,9-11,20H,4,7-8,12H2,1-3H3,(H,25,26). The smallest absolute Gasteiger partial charge is 0.264 e. The number of benzene rings is 1.